The van der Waals surface area contributed by atoms with Crippen LogP contribution in [0, 0.1) is 5.92 Å². The van der Waals surface area contributed by atoms with Gasteiger partial charge in [-0.3, -0.25) is 4.79 Å². The van der Waals surface area contributed by atoms with Gasteiger partial charge in [0.2, 0.25) is 5.91 Å². The van der Waals surface area contributed by atoms with Gasteiger partial charge in [-0.05, 0) is 38.1 Å². The number of hydrogen-bond acceptors (Lipinski definition) is 2. The van der Waals surface area contributed by atoms with Crippen LogP contribution < -0.4 is 5.73 Å². The van der Waals surface area contributed by atoms with Gasteiger partial charge in [0, 0.05) is 19.5 Å². The molecule has 1 rings (SSSR count). The lowest BCUT2D eigenvalue weighted by Crippen LogP contribution is -2.39. The fourth-order valence-electron chi connectivity index (χ4n) is 2.91. The highest BCUT2D eigenvalue weighted by molar-refractivity contribution is 5.85. The van der Waals surface area contributed by atoms with Crippen LogP contribution in [0.3, 0.4) is 0 Å². The number of nitrogens with two attached hydrogens (primary N) is 1. The van der Waals surface area contributed by atoms with E-state index in [1.54, 1.807) is 0 Å². The zero-order valence-corrected chi connectivity index (χ0v) is 13.4. The van der Waals surface area contributed by atoms with E-state index in [1.807, 2.05) is 11.9 Å². The van der Waals surface area contributed by atoms with Gasteiger partial charge < -0.3 is 10.6 Å². The molecule has 0 aliphatic heterocycles. The number of carbonyl (C=O) groups is 1. The minimum Gasteiger partial charge on any atom is -0.343 e. The lowest BCUT2D eigenvalue weighted by atomic mass is 9.86. The predicted molar refractivity (Wildman–Crippen MR) is 83.6 cm³/mol. The molecule has 1 fully saturated rings. The first-order valence-electron chi connectivity index (χ1n) is 7.61. The molecule has 114 valence electrons. The highest BCUT2D eigenvalue weighted by atomic mass is 35.5. The summed E-state index contributed by atoms with van der Waals surface area (Å²) in [5, 5.41) is 0. The third-order valence-electron chi connectivity index (χ3n) is 4.19. The lowest BCUT2D eigenvalue weighted by molar-refractivity contribution is -0.132. The van der Waals surface area contributed by atoms with Crippen molar-refractivity contribution in [3.8, 4) is 0 Å². The van der Waals surface area contributed by atoms with Gasteiger partial charge in [0.1, 0.15) is 0 Å². The molecule has 0 radical (unpaired) electrons. The summed E-state index contributed by atoms with van der Waals surface area (Å²) >= 11 is 0. The smallest absolute Gasteiger partial charge is 0.222 e. The molecule has 0 aromatic heterocycles. The molecule has 1 aliphatic rings. The van der Waals surface area contributed by atoms with Gasteiger partial charge in [0.15, 0.2) is 0 Å². The number of unbranched alkanes of at least 4 members (excludes halogenated alkanes) is 3. The summed E-state index contributed by atoms with van der Waals surface area (Å²) in [6.45, 7) is 3.07. The van der Waals surface area contributed by atoms with E-state index in [0.29, 0.717) is 18.4 Å². The first kappa shape index (κ1) is 18.7. The minimum atomic E-state index is 0. The lowest BCUT2D eigenvalue weighted by Gasteiger charge is -2.34. The molecule has 0 saturated heterocycles. The Balaban J connectivity index is 0.00000324. The normalized spacial score (nSPS) is 22.7. The molecule has 2 atom stereocenters. The van der Waals surface area contributed by atoms with Crippen molar-refractivity contribution in [1.82, 2.24) is 4.90 Å². The van der Waals surface area contributed by atoms with Crippen molar-refractivity contribution in [3.05, 3.63) is 0 Å². The second-order valence-electron chi connectivity index (χ2n) is 5.88. The number of nitrogens with zero attached hydrogens (tertiary/aromatic N) is 1. The van der Waals surface area contributed by atoms with Crippen molar-refractivity contribution >= 4 is 18.3 Å². The summed E-state index contributed by atoms with van der Waals surface area (Å²) in [6.07, 6.45) is 10.1. The molecule has 2 unspecified atom stereocenters. The average molecular weight is 291 g/mol. The maximum absolute atomic E-state index is 12.1. The molecule has 0 aromatic carbocycles. The van der Waals surface area contributed by atoms with Crippen LogP contribution in [0.15, 0.2) is 0 Å². The molecule has 0 bridgehead atoms. The average Bonchev–Trinajstić information content (AvgIpc) is 2.37. The van der Waals surface area contributed by atoms with E-state index in [1.165, 1.54) is 25.7 Å². The maximum atomic E-state index is 12.1. The van der Waals surface area contributed by atoms with E-state index in [-0.39, 0.29) is 12.4 Å². The molecule has 1 saturated carbocycles. The molecule has 0 aromatic rings. The minimum absolute atomic E-state index is 0. The second kappa shape index (κ2) is 10.5. The monoisotopic (exact) mass is 290 g/mol. The van der Waals surface area contributed by atoms with Crippen molar-refractivity contribution in [2.45, 2.75) is 70.8 Å². The number of amides is 1. The topological polar surface area (TPSA) is 46.3 Å². The SMILES string of the molecule is CC1CCCC(N(C)C(=O)CCCCCCN)C1.Cl. The van der Waals surface area contributed by atoms with Gasteiger partial charge in [0.25, 0.3) is 0 Å². The van der Waals surface area contributed by atoms with Crippen LogP contribution in [0.25, 0.3) is 0 Å². The number of hydrogen-bond donors (Lipinski definition) is 1. The molecule has 0 heterocycles. The Morgan fingerprint density at radius 3 is 2.53 bits per heavy atom. The van der Waals surface area contributed by atoms with Gasteiger partial charge in [-0.2, -0.15) is 0 Å². The summed E-state index contributed by atoms with van der Waals surface area (Å²) in [6, 6.07) is 0.491. The number of rotatable bonds is 7. The Hall–Kier alpha value is -0.280. The molecular formula is C15H31ClN2O. The fourth-order valence-corrected chi connectivity index (χ4v) is 2.91. The van der Waals surface area contributed by atoms with Crippen molar-refractivity contribution in [2.24, 2.45) is 11.7 Å². The Morgan fingerprint density at radius 1 is 1.21 bits per heavy atom. The van der Waals surface area contributed by atoms with Crippen LogP contribution in [0.1, 0.15) is 64.7 Å². The molecule has 0 spiro atoms. The summed E-state index contributed by atoms with van der Waals surface area (Å²) in [7, 11) is 1.99. The van der Waals surface area contributed by atoms with Gasteiger partial charge in [-0.15, -0.1) is 12.4 Å². The Labute approximate surface area is 124 Å². The molecule has 1 aliphatic carbocycles. The van der Waals surface area contributed by atoms with Crippen molar-refractivity contribution in [3.63, 3.8) is 0 Å². The molecule has 19 heavy (non-hydrogen) atoms. The second-order valence-corrected chi connectivity index (χ2v) is 5.88. The quantitative estimate of drug-likeness (QED) is 0.731. The van der Waals surface area contributed by atoms with Crippen LogP contribution in [0.2, 0.25) is 0 Å². The Bertz CT molecular complexity index is 248. The maximum Gasteiger partial charge on any atom is 0.222 e. The van der Waals surface area contributed by atoms with E-state index in [4.69, 9.17) is 5.73 Å². The van der Waals surface area contributed by atoms with Crippen LogP contribution in [-0.2, 0) is 4.79 Å². The van der Waals surface area contributed by atoms with E-state index < -0.39 is 0 Å². The fraction of sp³-hybridized carbons (Fsp3) is 0.933. The summed E-state index contributed by atoms with van der Waals surface area (Å²) in [4.78, 5) is 14.1. The summed E-state index contributed by atoms with van der Waals surface area (Å²) in [5.41, 5.74) is 5.45. The van der Waals surface area contributed by atoms with E-state index in [9.17, 15) is 4.79 Å². The van der Waals surface area contributed by atoms with Crippen LogP contribution in [-0.4, -0.2) is 30.4 Å². The first-order chi connectivity index (χ1) is 8.65. The van der Waals surface area contributed by atoms with Crippen LogP contribution in [0.4, 0.5) is 0 Å². The standard InChI is InChI=1S/C15H30N2O.ClH/c1-13-8-7-9-14(12-13)17(2)15(18)10-5-3-4-6-11-16;/h13-14H,3-12,16H2,1-2H3;1H. The Morgan fingerprint density at radius 2 is 1.89 bits per heavy atom. The Kier molecular flexibility index (Phi) is 10.3. The van der Waals surface area contributed by atoms with Gasteiger partial charge in [0.05, 0.1) is 0 Å². The van der Waals surface area contributed by atoms with Gasteiger partial charge in [-0.1, -0.05) is 32.6 Å². The molecule has 1 amide bonds. The summed E-state index contributed by atoms with van der Waals surface area (Å²) in [5.74, 6) is 1.12. The van der Waals surface area contributed by atoms with Crippen molar-refractivity contribution < 1.29 is 4.79 Å². The van der Waals surface area contributed by atoms with Crippen molar-refractivity contribution in [1.29, 1.82) is 0 Å². The molecular weight excluding hydrogens is 260 g/mol. The first-order valence-corrected chi connectivity index (χ1v) is 7.61. The third kappa shape index (κ3) is 7.17. The van der Waals surface area contributed by atoms with Crippen LogP contribution in [0.5, 0.6) is 0 Å². The van der Waals surface area contributed by atoms with E-state index in [0.717, 1.165) is 38.1 Å². The van der Waals surface area contributed by atoms with E-state index >= 15 is 0 Å². The third-order valence-corrected chi connectivity index (χ3v) is 4.19. The van der Waals surface area contributed by atoms with Crippen LogP contribution >= 0.6 is 12.4 Å². The molecule has 2 N–H and O–H groups in total. The highest BCUT2D eigenvalue weighted by Crippen LogP contribution is 2.27. The predicted octanol–water partition coefficient (Wildman–Crippen LogP) is 3.35. The zero-order chi connectivity index (χ0) is 13.4. The van der Waals surface area contributed by atoms with Crippen molar-refractivity contribution in [2.75, 3.05) is 13.6 Å². The van der Waals surface area contributed by atoms with Gasteiger partial charge in [-0.25, -0.2) is 0 Å². The van der Waals surface area contributed by atoms with Gasteiger partial charge >= 0.3 is 0 Å². The molecule has 4 heteroatoms. The largest absolute Gasteiger partial charge is 0.343 e. The zero-order valence-electron chi connectivity index (χ0n) is 12.6. The number of halogens is 1. The van der Waals surface area contributed by atoms with E-state index in [2.05, 4.69) is 6.92 Å². The highest BCUT2D eigenvalue weighted by Gasteiger charge is 2.24. The molecule has 3 nitrogen and oxygen atoms in total. The summed E-state index contributed by atoms with van der Waals surface area (Å²) < 4.78 is 0. The number of carbonyl (C=O) groups excluding carboxylic acids is 1.